The third-order valence-electron chi connectivity index (χ3n) is 4.18. The van der Waals surface area contributed by atoms with Gasteiger partial charge < -0.3 is 10.2 Å². The van der Waals surface area contributed by atoms with Crippen molar-refractivity contribution >= 4 is 11.7 Å². The first-order chi connectivity index (χ1) is 12.3. The molecule has 1 aromatic carbocycles. The fourth-order valence-corrected chi connectivity index (χ4v) is 2.90. The average molecular weight is 364 g/mol. The van der Waals surface area contributed by atoms with Crippen molar-refractivity contribution in [3.63, 3.8) is 0 Å². The number of hydrogen-bond donors (Lipinski definition) is 1. The number of halogens is 3. The predicted octanol–water partition coefficient (Wildman–Crippen LogP) is 3.33. The molecule has 5 nitrogen and oxygen atoms in total. The highest BCUT2D eigenvalue weighted by Gasteiger charge is 2.30. The number of nitrogens with zero attached hydrogens (tertiary/aromatic N) is 3. The minimum Gasteiger partial charge on any atom is -0.357 e. The van der Waals surface area contributed by atoms with Gasteiger partial charge in [0.25, 0.3) is 5.91 Å². The van der Waals surface area contributed by atoms with E-state index in [1.807, 2.05) is 13.0 Å². The van der Waals surface area contributed by atoms with Crippen molar-refractivity contribution < 1.29 is 18.0 Å². The number of carbonyl (C=O) groups is 1. The fraction of sp³-hybridized carbons (Fsp3) is 0.389. The van der Waals surface area contributed by atoms with Crippen LogP contribution in [0.25, 0.3) is 0 Å². The van der Waals surface area contributed by atoms with E-state index in [0.29, 0.717) is 5.82 Å². The Kier molecular flexibility index (Phi) is 5.11. The Bertz CT molecular complexity index is 801. The molecule has 0 saturated carbocycles. The molecule has 0 unspecified atom stereocenters. The first-order valence-electron chi connectivity index (χ1n) is 8.38. The molecule has 1 aromatic heterocycles. The molecule has 138 valence electrons. The van der Waals surface area contributed by atoms with Crippen LogP contribution in [0.5, 0.6) is 0 Å². The van der Waals surface area contributed by atoms with Gasteiger partial charge in [-0.05, 0) is 38.0 Å². The number of anilines is 1. The van der Waals surface area contributed by atoms with E-state index < -0.39 is 17.6 Å². The second kappa shape index (κ2) is 7.31. The maximum absolute atomic E-state index is 12.8. The van der Waals surface area contributed by atoms with Gasteiger partial charge in [-0.15, -0.1) is 0 Å². The molecule has 0 radical (unpaired) electrons. The van der Waals surface area contributed by atoms with Crippen LogP contribution in [0.3, 0.4) is 0 Å². The Morgan fingerprint density at radius 3 is 2.62 bits per heavy atom. The molecular formula is C18H19F3N4O. The zero-order chi connectivity index (χ0) is 18.7. The van der Waals surface area contributed by atoms with Gasteiger partial charge in [0.15, 0.2) is 0 Å². The molecule has 0 spiro atoms. The number of nitrogens with one attached hydrogen (secondary N) is 1. The lowest BCUT2D eigenvalue weighted by Gasteiger charge is -2.17. The first kappa shape index (κ1) is 18.2. The first-order valence-corrected chi connectivity index (χ1v) is 8.38. The van der Waals surface area contributed by atoms with Crippen LogP contribution in [0.4, 0.5) is 19.0 Å². The Morgan fingerprint density at radius 1 is 1.19 bits per heavy atom. The summed E-state index contributed by atoms with van der Waals surface area (Å²) in [5.41, 5.74) is -0.120. The predicted molar refractivity (Wildman–Crippen MR) is 90.8 cm³/mol. The van der Waals surface area contributed by atoms with Gasteiger partial charge in [0.05, 0.1) is 12.1 Å². The molecule has 1 fully saturated rings. The van der Waals surface area contributed by atoms with E-state index in [9.17, 15) is 18.0 Å². The normalized spacial score (nSPS) is 14.5. The van der Waals surface area contributed by atoms with E-state index in [1.54, 1.807) is 0 Å². The Labute approximate surface area is 149 Å². The quantitative estimate of drug-likeness (QED) is 0.904. The largest absolute Gasteiger partial charge is 0.416 e. The van der Waals surface area contributed by atoms with Gasteiger partial charge in [-0.25, -0.2) is 9.97 Å². The van der Waals surface area contributed by atoms with Crippen molar-refractivity contribution in [2.75, 3.05) is 18.0 Å². The molecule has 3 rings (SSSR count). The molecule has 0 atom stereocenters. The van der Waals surface area contributed by atoms with Crippen LogP contribution in [0.2, 0.25) is 0 Å². The van der Waals surface area contributed by atoms with E-state index >= 15 is 0 Å². The number of amides is 1. The summed E-state index contributed by atoms with van der Waals surface area (Å²) in [6.45, 7) is 3.77. The summed E-state index contributed by atoms with van der Waals surface area (Å²) in [4.78, 5) is 23.1. The third-order valence-corrected chi connectivity index (χ3v) is 4.18. The summed E-state index contributed by atoms with van der Waals surface area (Å²) in [6.07, 6.45) is -2.25. The van der Waals surface area contributed by atoms with E-state index in [0.717, 1.165) is 49.6 Å². The number of benzene rings is 1. The standard InChI is InChI=1S/C18H19F3N4O/c1-12-9-16(25-7-2-3-8-25)24-15(23-12)11-22-17(26)13-5-4-6-14(10-13)18(19,20)21/h4-6,9-10H,2-3,7-8,11H2,1H3,(H,22,26). The highest BCUT2D eigenvalue weighted by atomic mass is 19.4. The third kappa shape index (κ3) is 4.30. The summed E-state index contributed by atoms with van der Waals surface area (Å²) in [7, 11) is 0. The zero-order valence-electron chi connectivity index (χ0n) is 14.3. The number of rotatable bonds is 4. The van der Waals surface area contributed by atoms with E-state index in [1.165, 1.54) is 12.1 Å². The Morgan fingerprint density at radius 2 is 1.92 bits per heavy atom. The van der Waals surface area contributed by atoms with Crippen molar-refractivity contribution in [3.8, 4) is 0 Å². The lowest BCUT2D eigenvalue weighted by molar-refractivity contribution is -0.137. The van der Waals surface area contributed by atoms with Crippen molar-refractivity contribution in [3.05, 3.63) is 53.0 Å². The summed E-state index contributed by atoms with van der Waals surface area (Å²) in [5.74, 6) is 0.662. The molecule has 1 saturated heterocycles. The minimum atomic E-state index is -4.49. The number of carbonyl (C=O) groups excluding carboxylic acids is 1. The monoisotopic (exact) mass is 364 g/mol. The lowest BCUT2D eigenvalue weighted by Crippen LogP contribution is -2.26. The molecule has 0 bridgehead atoms. The highest BCUT2D eigenvalue weighted by molar-refractivity contribution is 5.94. The molecule has 2 heterocycles. The number of aromatic nitrogens is 2. The van der Waals surface area contributed by atoms with Gasteiger partial charge in [-0.1, -0.05) is 6.07 Å². The molecule has 1 N–H and O–H groups in total. The minimum absolute atomic E-state index is 0.0488. The molecule has 1 amide bonds. The van der Waals surface area contributed by atoms with E-state index in [2.05, 4.69) is 20.2 Å². The van der Waals surface area contributed by atoms with Gasteiger partial charge in [-0.2, -0.15) is 13.2 Å². The summed E-state index contributed by atoms with van der Waals surface area (Å²) >= 11 is 0. The molecule has 2 aromatic rings. The van der Waals surface area contributed by atoms with Gasteiger partial charge in [-0.3, -0.25) is 4.79 Å². The maximum Gasteiger partial charge on any atom is 0.416 e. The molecule has 8 heteroatoms. The second-order valence-corrected chi connectivity index (χ2v) is 6.24. The summed E-state index contributed by atoms with van der Waals surface area (Å²) in [5, 5.41) is 2.59. The van der Waals surface area contributed by atoms with Crippen molar-refractivity contribution in [1.29, 1.82) is 0 Å². The number of alkyl halides is 3. The average Bonchev–Trinajstić information content (AvgIpc) is 3.13. The Hall–Kier alpha value is -2.64. The smallest absolute Gasteiger partial charge is 0.357 e. The van der Waals surface area contributed by atoms with Crippen LogP contribution in [-0.2, 0) is 12.7 Å². The van der Waals surface area contributed by atoms with Crippen molar-refractivity contribution in [1.82, 2.24) is 15.3 Å². The van der Waals surface area contributed by atoms with Crippen molar-refractivity contribution in [2.24, 2.45) is 0 Å². The zero-order valence-corrected chi connectivity index (χ0v) is 14.3. The second-order valence-electron chi connectivity index (χ2n) is 6.24. The molecule has 26 heavy (non-hydrogen) atoms. The van der Waals surface area contributed by atoms with Crippen LogP contribution >= 0.6 is 0 Å². The Balaban J connectivity index is 1.70. The summed E-state index contributed by atoms with van der Waals surface area (Å²) < 4.78 is 38.3. The topological polar surface area (TPSA) is 58.1 Å². The van der Waals surface area contributed by atoms with Gasteiger partial charge >= 0.3 is 6.18 Å². The lowest BCUT2D eigenvalue weighted by atomic mass is 10.1. The SMILES string of the molecule is Cc1cc(N2CCCC2)nc(CNC(=O)c2cccc(C(F)(F)F)c2)n1. The van der Waals surface area contributed by atoms with E-state index in [4.69, 9.17) is 0 Å². The van der Waals surface area contributed by atoms with Crippen molar-refractivity contribution in [2.45, 2.75) is 32.5 Å². The highest BCUT2D eigenvalue weighted by Crippen LogP contribution is 2.29. The molecule has 0 aliphatic carbocycles. The van der Waals surface area contributed by atoms with Gasteiger partial charge in [0, 0.05) is 30.4 Å². The van der Waals surface area contributed by atoms with E-state index in [-0.39, 0.29) is 12.1 Å². The maximum atomic E-state index is 12.8. The summed E-state index contributed by atoms with van der Waals surface area (Å²) in [6, 6.07) is 6.22. The van der Waals surface area contributed by atoms with Crippen LogP contribution < -0.4 is 10.2 Å². The number of aryl methyl sites for hydroxylation is 1. The molecular weight excluding hydrogens is 345 g/mol. The number of hydrogen-bond acceptors (Lipinski definition) is 4. The van der Waals surface area contributed by atoms with Crippen LogP contribution in [0, 0.1) is 6.92 Å². The molecule has 1 aliphatic heterocycles. The van der Waals surface area contributed by atoms with Crippen LogP contribution in [0.15, 0.2) is 30.3 Å². The molecule has 1 aliphatic rings. The van der Waals surface area contributed by atoms with Gasteiger partial charge in [0.2, 0.25) is 0 Å². The van der Waals surface area contributed by atoms with Crippen LogP contribution in [-0.4, -0.2) is 29.0 Å². The van der Waals surface area contributed by atoms with Crippen LogP contribution in [0.1, 0.15) is 40.3 Å². The fourth-order valence-electron chi connectivity index (χ4n) is 2.90. The van der Waals surface area contributed by atoms with Gasteiger partial charge in [0.1, 0.15) is 11.6 Å².